The largest absolute Gasteiger partial charge is 0.573 e. The molecule has 0 radical (unpaired) electrons. The number of ether oxygens (including phenoxy) is 1. The van der Waals surface area contributed by atoms with Crippen molar-refractivity contribution < 1.29 is 31.1 Å². The number of aryl methyl sites for hydroxylation is 3. The van der Waals surface area contributed by atoms with Crippen LogP contribution in [0.1, 0.15) is 36.0 Å². The minimum atomic E-state index is -4.79. The molecule has 0 unspecified atom stereocenters. The first-order valence-corrected chi connectivity index (χ1v) is 11.8. The van der Waals surface area contributed by atoms with E-state index >= 15 is 0 Å². The number of carbonyl (C=O) groups is 1. The molecule has 0 aromatic heterocycles. The van der Waals surface area contributed by atoms with Gasteiger partial charge < -0.3 is 9.64 Å². The van der Waals surface area contributed by atoms with Crippen LogP contribution in [0.3, 0.4) is 0 Å². The van der Waals surface area contributed by atoms with Crippen molar-refractivity contribution in [2.45, 2.75) is 49.8 Å². The number of hydrogen-bond donors (Lipinski definition) is 0. The van der Waals surface area contributed by atoms with Gasteiger partial charge >= 0.3 is 6.36 Å². The minimum Gasteiger partial charge on any atom is -0.406 e. The number of anilines is 1. The molecule has 0 saturated heterocycles. The summed E-state index contributed by atoms with van der Waals surface area (Å²) in [4.78, 5) is 14.5. The number of alkyl halides is 3. The summed E-state index contributed by atoms with van der Waals surface area (Å²) in [6.45, 7) is 0.393. The van der Waals surface area contributed by atoms with Crippen molar-refractivity contribution in [3.05, 3.63) is 53.1 Å². The third-order valence-electron chi connectivity index (χ3n) is 5.72. The Morgan fingerprint density at radius 3 is 2.48 bits per heavy atom. The lowest BCUT2D eigenvalue weighted by atomic mass is 10.0. The topological polar surface area (TPSA) is 63.7 Å². The molecular weight excluding hydrogens is 431 g/mol. The smallest absolute Gasteiger partial charge is 0.406 e. The van der Waals surface area contributed by atoms with Gasteiger partial charge in [0.05, 0.1) is 10.6 Å². The Morgan fingerprint density at radius 1 is 0.968 bits per heavy atom. The number of carbonyl (C=O) groups excluding carboxylic acids is 1. The lowest BCUT2D eigenvalue weighted by Crippen LogP contribution is -2.36. The Kier molecular flexibility index (Phi) is 5.72. The SMILES string of the molecule is O=C(CCS(=O)(=O)c1ccc2c(c1)CCC2)N1CCCc2cc(OC(F)(F)F)ccc21. The highest BCUT2D eigenvalue weighted by Gasteiger charge is 2.32. The molecule has 0 atom stereocenters. The number of hydrogen-bond acceptors (Lipinski definition) is 4. The third kappa shape index (κ3) is 4.87. The molecule has 31 heavy (non-hydrogen) atoms. The zero-order chi connectivity index (χ0) is 22.2. The first-order valence-electron chi connectivity index (χ1n) is 10.2. The zero-order valence-electron chi connectivity index (χ0n) is 16.7. The summed E-state index contributed by atoms with van der Waals surface area (Å²) < 4.78 is 66.8. The zero-order valence-corrected chi connectivity index (χ0v) is 17.6. The summed E-state index contributed by atoms with van der Waals surface area (Å²) in [6.07, 6.45) is -1.06. The molecule has 0 bridgehead atoms. The fourth-order valence-corrected chi connectivity index (χ4v) is 5.52. The number of benzene rings is 2. The maximum atomic E-state index is 12.8. The van der Waals surface area contributed by atoms with Gasteiger partial charge in [-0.05, 0) is 79.1 Å². The summed E-state index contributed by atoms with van der Waals surface area (Å²) in [5, 5.41) is 0. The van der Waals surface area contributed by atoms with Gasteiger partial charge in [-0.25, -0.2) is 8.42 Å². The van der Waals surface area contributed by atoms with Gasteiger partial charge in [0.15, 0.2) is 9.84 Å². The van der Waals surface area contributed by atoms with Crippen molar-refractivity contribution in [3.63, 3.8) is 0 Å². The Morgan fingerprint density at radius 2 is 1.71 bits per heavy atom. The predicted octanol–water partition coefficient (Wildman–Crippen LogP) is 4.22. The molecule has 1 heterocycles. The summed E-state index contributed by atoms with van der Waals surface area (Å²) in [7, 11) is -3.61. The molecule has 166 valence electrons. The fourth-order valence-electron chi connectivity index (χ4n) is 4.25. The van der Waals surface area contributed by atoms with Gasteiger partial charge in [-0.15, -0.1) is 13.2 Å². The van der Waals surface area contributed by atoms with Gasteiger partial charge in [0, 0.05) is 18.7 Å². The summed E-state index contributed by atoms with van der Waals surface area (Å²) in [5.74, 6) is -1.01. The Hall–Kier alpha value is -2.55. The monoisotopic (exact) mass is 453 g/mol. The van der Waals surface area contributed by atoms with E-state index in [0.29, 0.717) is 30.6 Å². The first kappa shape index (κ1) is 21.7. The van der Waals surface area contributed by atoms with Crippen molar-refractivity contribution in [1.29, 1.82) is 0 Å². The molecule has 0 saturated carbocycles. The lowest BCUT2D eigenvalue weighted by Gasteiger charge is -2.30. The highest BCUT2D eigenvalue weighted by molar-refractivity contribution is 7.91. The fraction of sp³-hybridized carbons (Fsp3) is 0.409. The van der Waals surface area contributed by atoms with E-state index in [2.05, 4.69) is 4.74 Å². The maximum absolute atomic E-state index is 12.8. The lowest BCUT2D eigenvalue weighted by molar-refractivity contribution is -0.274. The highest BCUT2D eigenvalue weighted by atomic mass is 32.2. The van der Waals surface area contributed by atoms with Crippen molar-refractivity contribution >= 4 is 21.4 Å². The Bertz CT molecular complexity index is 1110. The van der Waals surface area contributed by atoms with Crippen LogP contribution in [0.4, 0.5) is 18.9 Å². The molecule has 9 heteroatoms. The molecule has 2 aliphatic rings. The van der Waals surface area contributed by atoms with Gasteiger partial charge in [0.25, 0.3) is 0 Å². The van der Waals surface area contributed by atoms with Crippen molar-refractivity contribution in [2.75, 3.05) is 17.2 Å². The van der Waals surface area contributed by atoms with Crippen LogP contribution >= 0.6 is 0 Å². The molecule has 1 aliphatic heterocycles. The standard InChI is InChI=1S/C22H22F3NO4S/c23-22(24,25)30-18-7-9-20-17(13-18)5-2-11-26(20)21(27)10-12-31(28,29)19-8-6-15-3-1-4-16(15)14-19/h6-9,13-14H,1-5,10-12H2. The molecule has 1 amide bonds. The molecular formula is C22H22F3NO4S. The normalized spacial score (nSPS) is 16.0. The second-order valence-corrected chi connectivity index (χ2v) is 9.95. The summed E-state index contributed by atoms with van der Waals surface area (Å²) >= 11 is 0. The minimum absolute atomic E-state index is 0.195. The predicted molar refractivity (Wildman–Crippen MR) is 109 cm³/mol. The van der Waals surface area contributed by atoms with Crippen LogP contribution in [0, 0.1) is 0 Å². The van der Waals surface area contributed by atoms with Crippen LogP contribution in [0.15, 0.2) is 41.3 Å². The molecule has 1 aliphatic carbocycles. The van der Waals surface area contributed by atoms with Crippen LogP contribution in [0.5, 0.6) is 5.75 Å². The summed E-state index contributed by atoms with van der Waals surface area (Å²) in [6, 6.07) is 9.02. The molecule has 2 aromatic carbocycles. The average Bonchev–Trinajstić information content (AvgIpc) is 3.18. The summed E-state index contributed by atoms with van der Waals surface area (Å²) in [5.41, 5.74) is 3.30. The van der Waals surface area contributed by atoms with Crippen molar-refractivity contribution in [1.82, 2.24) is 0 Å². The average molecular weight is 453 g/mol. The van der Waals surface area contributed by atoms with Crippen LogP contribution in [0.25, 0.3) is 0 Å². The van der Waals surface area contributed by atoms with E-state index in [1.54, 1.807) is 12.1 Å². The first-order chi connectivity index (χ1) is 14.6. The number of amides is 1. The molecule has 5 nitrogen and oxygen atoms in total. The number of halogens is 3. The Balaban J connectivity index is 1.46. The second kappa shape index (κ2) is 8.18. The number of nitrogens with zero attached hydrogens (tertiary/aromatic N) is 1. The van der Waals surface area contributed by atoms with Crippen LogP contribution in [-0.4, -0.2) is 33.0 Å². The van der Waals surface area contributed by atoms with Gasteiger partial charge in [-0.3, -0.25) is 4.79 Å². The van der Waals surface area contributed by atoms with E-state index in [0.717, 1.165) is 24.8 Å². The molecule has 0 N–H and O–H groups in total. The van der Waals surface area contributed by atoms with Crippen molar-refractivity contribution in [3.8, 4) is 5.75 Å². The van der Waals surface area contributed by atoms with E-state index in [1.165, 1.54) is 28.7 Å². The number of fused-ring (bicyclic) bond motifs is 2. The van der Waals surface area contributed by atoms with E-state index in [9.17, 15) is 26.4 Å². The van der Waals surface area contributed by atoms with E-state index in [-0.39, 0.29) is 28.7 Å². The number of rotatable bonds is 5. The van der Waals surface area contributed by atoms with Crippen LogP contribution < -0.4 is 9.64 Å². The van der Waals surface area contributed by atoms with Gasteiger partial charge in [-0.1, -0.05) is 6.07 Å². The van der Waals surface area contributed by atoms with Crippen LogP contribution in [0.2, 0.25) is 0 Å². The molecule has 4 rings (SSSR count). The number of sulfone groups is 1. The second-order valence-electron chi connectivity index (χ2n) is 7.84. The van der Waals surface area contributed by atoms with Crippen molar-refractivity contribution in [2.24, 2.45) is 0 Å². The third-order valence-corrected chi connectivity index (χ3v) is 7.43. The van der Waals surface area contributed by atoms with E-state index in [4.69, 9.17) is 0 Å². The van der Waals surface area contributed by atoms with E-state index in [1.807, 2.05) is 6.07 Å². The highest BCUT2D eigenvalue weighted by Crippen LogP contribution is 2.33. The molecule has 2 aromatic rings. The Labute approximate surface area is 178 Å². The maximum Gasteiger partial charge on any atom is 0.573 e. The molecule has 0 spiro atoms. The van der Waals surface area contributed by atoms with Gasteiger partial charge in [-0.2, -0.15) is 0 Å². The van der Waals surface area contributed by atoms with Gasteiger partial charge in [0.2, 0.25) is 5.91 Å². The van der Waals surface area contributed by atoms with Crippen LogP contribution in [-0.2, 0) is 33.9 Å². The van der Waals surface area contributed by atoms with E-state index < -0.39 is 16.2 Å². The quantitative estimate of drug-likeness (QED) is 0.680. The molecule has 0 fully saturated rings. The van der Waals surface area contributed by atoms with Gasteiger partial charge in [0.1, 0.15) is 5.75 Å².